The SMILES string of the molecule is CC1(c2cccc(O)c2)CC(F)CN1. The lowest BCUT2D eigenvalue weighted by Crippen LogP contribution is -2.32. The molecule has 1 saturated heterocycles. The number of nitrogens with one attached hydrogen (secondary N) is 1. The third-order valence-corrected chi connectivity index (χ3v) is 2.83. The summed E-state index contributed by atoms with van der Waals surface area (Å²) in [5.41, 5.74) is 0.607. The lowest BCUT2D eigenvalue weighted by molar-refractivity contribution is 0.333. The molecule has 1 aliphatic heterocycles. The second-order valence-electron chi connectivity index (χ2n) is 4.06. The summed E-state index contributed by atoms with van der Waals surface area (Å²) >= 11 is 0. The Labute approximate surface area is 82.8 Å². The van der Waals surface area contributed by atoms with E-state index in [0.29, 0.717) is 13.0 Å². The van der Waals surface area contributed by atoms with Crippen LogP contribution in [0, 0.1) is 0 Å². The molecular formula is C11H14FNO. The molecule has 1 aromatic carbocycles. The van der Waals surface area contributed by atoms with E-state index in [1.165, 1.54) is 0 Å². The molecule has 0 aliphatic carbocycles. The van der Waals surface area contributed by atoms with E-state index in [9.17, 15) is 9.50 Å². The average molecular weight is 195 g/mol. The van der Waals surface area contributed by atoms with Crippen LogP contribution >= 0.6 is 0 Å². The summed E-state index contributed by atoms with van der Waals surface area (Å²) in [6.07, 6.45) is -0.321. The Hall–Kier alpha value is -1.09. The number of halogens is 1. The van der Waals surface area contributed by atoms with Gasteiger partial charge >= 0.3 is 0 Å². The number of phenolic OH excluding ortho intramolecular Hbond substituents is 1. The standard InChI is InChI=1S/C11H14FNO/c1-11(6-9(12)7-13-11)8-3-2-4-10(14)5-8/h2-5,9,13-14H,6-7H2,1H3. The maximum atomic E-state index is 13.1. The summed E-state index contributed by atoms with van der Waals surface area (Å²) in [4.78, 5) is 0. The lowest BCUT2D eigenvalue weighted by Gasteiger charge is -2.24. The molecule has 2 N–H and O–H groups in total. The first-order valence-corrected chi connectivity index (χ1v) is 4.79. The summed E-state index contributed by atoms with van der Waals surface area (Å²) in [5.74, 6) is 0.229. The van der Waals surface area contributed by atoms with Gasteiger partial charge in [0.15, 0.2) is 0 Å². The molecule has 0 bridgehead atoms. The highest BCUT2D eigenvalue weighted by Crippen LogP contribution is 2.32. The van der Waals surface area contributed by atoms with Crippen molar-refractivity contribution in [2.24, 2.45) is 0 Å². The molecule has 14 heavy (non-hydrogen) atoms. The minimum Gasteiger partial charge on any atom is -0.508 e. The second kappa shape index (κ2) is 3.24. The Morgan fingerprint density at radius 3 is 2.93 bits per heavy atom. The van der Waals surface area contributed by atoms with Gasteiger partial charge < -0.3 is 10.4 Å². The van der Waals surface area contributed by atoms with E-state index in [2.05, 4.69) is 5.32 Å². The van der Waals surface area contributed by atoms with Crippen molar-refractivity contribution in [3.8, 4) is 5.75 Å². The fraction of sp³-hybridized carbons (Fsp3) is 0.455. The highest BCUT2D eigenvalue weighted by molar-refractivity contribution is 5.33. The van der Waals surface area contributed by atoms with E-state index in [0.717, 1.165) is 5.56 Å². The second-order valence-corrected chi connectivity index (χ2v) is 4.06. The molecule has 76 valence electrons. The van der Waals surface area contributed by atoms with E-state index >= 15 is 0 Å². The van der Waals surface area contributed by atoms with E-state index in [1.807, 2.05) is 13.0 Å². The smallest absolute Gasteiger partial charge is 0.115 e. The van der Waals surface area contributed by atoms with E-state index < -0.39 is 6.17 Å². The molecule has 0 spiro atoms. The van der Waals surface area contributed by atoms with Gasteiger partial charge in [-0.3, -0.25) is 0 Å². The predicted molar refractivity (Wildman–Crippen MR) is 53.0 cm³/mol. The maximum Gasteiger partial charge on any atom is 0.115 e. The Balaban J connectivity index is 2.30. The maximum absolute atomic E-state index is 13.1. The zero-order valence-corrected chi connectivity index (χ0v) is 8.13. The number of hydrogen-bond acceptors (Lipinski definition) is 2. The highest BCUT2D eigenvalue weighted by Gasteiger charge is 2.36. The number of aromatic hydroxyl groups is 1. The molecule has 2 unspecified atom stereocenters. The first-order chi connectivity index (χ1) is 6.60. The average Bonchev–Trinajstić information content (AvgIpc) is 2.48. The van der Waals surface area contributed by atoms with Crippen molar-refractivity contribution in [3.63, 3.8) is 0 Å². The van der Waals surface area contributed by atoms with Crippen molar-refractivity contribution < 1.29 is 9.50 Å². The summed E-state index contributed by atoms with van der Waals surface area (Å²) in [6, 6.07) is 6.99. The van der Waals surface area contributed by atoms with Crippen molar-refractivity contribution in [3.05, 3.63) is 29.8 Å². The molecule has 3 heteroatoms. The summed E-state index contributed by atoms with van der Waals surface area (Å²) in [6.45, 7) is 2.35. The molecule has 2 nitrogen and oxygen atoms in total. The number of rotatable bonds is 1. The summed E-state index contributed by atoms with van der Waals surface area (Å²) in [7, 11) is 0. The highest BCUT2D eigenvalue weighted by atomic mass is 19.1. The van der Waals surface area contributed by atoms with Gasteiger partial charge in [0, 0.05) is 18.5 Å². The number of hydrogen-bond donors (Lipinski definition) is 2. The zero-order valence-electron chi connectivity index (χ0n) is 8.13. The molecule has 0 saturated carbocycles. The monoisotopic (exact) mass is 195 g/mol. The van der Waals surface area contributed by atoms with Crippen LogP contribution < -0.4 is 5.32 Å². The third kappa shape index (κ3) is 1.60. The van der Waals surface area contributed by atoms with Gasteiger partial charge in [0.25, 0.3) is 0 Å². The lowest BCUT2D eigenvalue weighted by atomic mass is 9.90. The van der Waals surface area contributed by atoms with Crippen LogP contribution in [0.25, 0.3) is 0 Å². The molecule has 1 heterocycles. The fourth-order valence-corrected chi connectivity index (χ4v) is 1.99. The Morgan fingerprint density at radius 1 is 1.57 bits per heavy atom. The van der Waals surface area contributed by atoms with Crippen molar-refractivity contribution in [1.82, 2.24) is 5.32 Å². The van der Waals surface area contributed by atoms with Crippen LogP contribution in [0.1, 0.15) is 18.9 Å². The van der Waals surface area contributed by atoms with Gasteiger partial charge in [-0.05, 0) is 24.6 Å². The number of benzene rings is 1. The normalized spacial score (nSPS) is 32.0. The minimum atomic E-state index is -0.789. The largest absolute Gasteiger partial charge is 0.508 e. The molecule has 1 aromatic rings. The fourth-order valence-electron chi connectivity index (χ4n) is 1.99. The van der Waals surface area contributed by atoms with Gasteiger partial charge in [0.1, 0.15) is 11.9 Å². The van der Waals surface area contributed by atoms with E-state index in [4.69, 9.17) is 0 Å². The minimum absolute atomic E-state index is 0.229. The van der Waals surface area contributed by atoms with Crippen molar-refractivity contribution in [1.29, 1.82) is 0 Å². The van der Waals surface area contributed by atoms with E-state index in [1.54, 1.807) is 18.2 Å². The molecule has 0 aromatic heterocycles. The number of alkyl halides is 1. The Morgan fingerprint density at radius 2 is 2.36 bits per heavy atom. The van der Waals surface area contributed by atoms with Crippen molar-refractivity contribution in [2.45, 2.75) is 25.1 Å². The van der Waals surface area contributed by atoms with Crippen LogP contribution in [0.2, 0.25) is 0 Å². The van der Waals surface area contributed by atoms with Gasteiger partial charge in [-0.25, -0.2) is 4.39 Å². The van der Waals surface area contributed by atoms with Crippen molar-refractivity contribution >= 4 is 0 Å². The predicted octanol–water partition coefficient (Wildman–Crippen LogP) is 1.94. The van der Waals surface area contributed by atoms with Gasteiger partial charge in [0.05, 0.1) is 0 Å². The van der Waals surface area contributed by atoms with Gasteiger partial charge in [0.2, 0.25) is 0 Å². The van der Waals surface area contributed by atoms with Crippen molar-refractivity contribution in [2.75, 3.05) is 6.54 Å². The molecule has 0 amide bonds. The molecule has 2 atom stereocenters. The molecular weight excluding hydrogens is 181 g/mol. The van der Waals surface area contributed by atoms with Crippen LogP contribution in [0.4, 0.5) is 4.39 Å². The molecule has 2 rings (SSSR count). The van der Waals surface area contributed by atoms with Gasteiger partial charge in [-0.1, -0.05) is 12.1 Å². The van der Waals surface area contributed by atoms with E-state index in [-0.39, 0.29) is 11.3 Å². The Bertz CT molecular complexity index is 342. The van der Waals surface area contributed by atoms with Crippen LogP contribution in [0.5, 0.6) is 5.75 Å². The first kappa shape index (κ1) is 9.46. The quantitative estimate of drug-likeness (QED) is 0.717. The summed E-state index contributed by atoms with van der Waals surface area (Å²) < 4.78 is 13.1. The van der Waals surface area contributed by atoms with Crippen LogP contribution in [0.3, 0.4) is 0 Å². The van der Waals surface area contributed by atoms with Crippen LogP contribution in [0.15, 0.2) is 24.3 Å². The topological polar surface area (TPSA) is 32.3 Å². The van der Waals surface area contributed by atoms with Gasteiger partial charge in [-0.2, -0.15) is 0 Å². The van der Waals surface area contributed by atoms with Gasteiger partial charge in [-0.15, -0.1) is 0 Å². The van der Waals surface area contributed by atoms with Crippen LogP contribution in [-0.4, -0.2) is 17.8 Å². The summed E-state index contributed by atoms with van der Waals surface area (Å²) in [5, 5.41) is 12.5. The molecule has 1 aliphatic rings. The molecule has 1 fully saturated rings. The number of phenols is 1. The zero-order chi connectivity index (χ0) is 10.2. The first-order valence-electron chi connectivity index (χ1n) is 4.79. The van der Waals surface area contributed by atoms with Crippen LogP contribution in [-0.2, 0) is 5.54 Å². The third-order valence-electron chi connectivity index (χ3n) is 2.83. The Kier molecular flexibility index (Phi) is 2.19. The molecule has 0 radical (unpaired) electrons.